The highest BCUT2D eigenvalue weighted by Gasteiger charge is 2.04. The van der Waals surface area contributed by atoms with Gasteiger partial charge in [-0.05, 0) is 18.6 Å². The summed E-state index contributed by atoms with van der Waals surface area (Å²) < 4.78 is 4.89. The molecule has 0 saturated heterocycles. The molecule has 0 aromatic carbocycles. The fourth-order valence-electron chi connectivity index (χ4n) is 1.34. The number of ether oxygens (including phenoxy) is 1. The minimum Gasteiger partial charge on any atom is -0.383 e. The lowest BCUT2D eigenvalue weighted by Gasteiger charge is -2.06. The van der Waals surface area contributed by atoms with E-state index in [0.717, 1.165) is 18.7 Å². The van der Waals surface area contributed by atoms with Gasteiger partial charge >= 0.3 is 0 Å². The predicted molar refractivity (Wildman–Crippen MR) is 66.1 cm³/mol. The number of hydrogen-bond donors (Lipinski definition) is 2. The Morgan fingerprint density at radius 2 is 2.18 bits per heavy atom. The van der Waals surface area contributed by atoms with Gasteiger partial charge in [0, 0.05) is 39.1 Å². The number of hydrogen-bond acceptors (Lipinski definition) is 4. The van der Waals surface area contributed by atoms with Crippen molar-refractivity contribution in [3.63, 3.8) is 0 Å². The van der Waals surface area contributed by atoms with Gasteiger partial charge in [0.2, 0.25) is 0 Å². The number of methoxy groups -OCH3 is 1. The van der Waals surface area contributed by atoms with Crippen LogP contribution in [0.2, 0.25) is 0 Å². The molecule has 1 heterocycles. The summed E-state index contributed by atoms with van der Waals surface area (Å²) >= 11 is 0. The molecule has 0 bridgehead atoms. The predicted octanol–water partition coefficient (Wildman–Crippen LogP) is 0.356. The van der Waals surface area contributed by atoms with E-state index in [1.54, 1.807) is 19.5 Å². The summed E-state index contributed by atoms with van der Waals surface area (Å²) in [5, 5.41) is 5.97. The monoisotopic (exact) mass is 237 g/mol. The Morgan fingerprint density at radius 1 is 1.35 bits per heavy atom. The second-order valence-corrected chi connectivity index (χ2v) is 3.75. The summed E-state index contributed by atoms with van der Waals surface area (Å²) in [6.07, 6.45) is 3.30. The molecule has 94 valence electrons. The molecule has 1 rings (SSSR count). The Morgan fingerprint density at radius 3 is 2.88 bits per heavy atom. The molecule has 0 aliphatic carbocycles. The van der Waals surface area contributed by atoms with Crippen molar-refractivity contribution in [2.45, 2.75) is 6.92 Å². The van der Waals surface area contributed by atoms with Crippen molar-refractivity contribution in [1.29, 1.82) is 0 Å². The number of aromatic nitrogens is 1. The quantitative estimate of drug-likeness (QED) is 0.672. The van der Waals surface area contributed by atoms with Crippen LogP contribution in [0.25, 0.3) is 0 Å². The molecule has 0 aliphatic rings. The summed E-state index contributed by atoms with van der Waals surface area (Å²) in [7, 11) is 1.66. The first kappa shape index (κ1) is 13.6. The summed E-state index contributed by atoms with van der Waals surface area (Å²) in [5.41, 5.74) is 1.58. The molecular weight excluding hydrogens is 218 g/mol. The number of nitrogens with zero attached hydrogens (tertiary/aromatic N) is 1. The zero-order valence-electron chi connectivity index (χ0n) is 10.3. The van der Waals surface area contributed by atoms with Crippen molar-refractivity contribution >= 4 is 5.91 Å². The number of pyridine rings is 1. The Kier molecular flexibility index (Phi) is 6.21. The Balaban J connectivity index is 2.21. The van der Waals surface area contributed by atoms with Gasteiger partial charge in [-0.25, -0.2) is 0 Å². The molecule has 1 aromatic rings. The summed E-state index contributed by atoms with van der Waals surface area (Å²) in [5.74, 6) is -0.0882. The third kappa shape index (κ3) is 5.42. The molecule has 0 spiro atoms. The van der Waals surface area contributed by atoms with Crippen LogP contribution in [0, 0.1) is 6.92 Å². The molecule has 0 aliphatic heterocycles. The molecular formula is C12H19N3O2. The van der Waals surface area contributed by atoms with E-state index in [0.29, 0.717) is 18.7 Å². The first-order valence-corrected chi connectivity index (χ1v) is 5.63. The highest BCUT2D eigenvalue weighted by Crippen LogP contribution is 2.00. The van der Waals surface area contributed by atoms with Crippen LogP contribution < -0.4 is 10.6 Å². The highest BCUT2D eigenvalue weighted by atomic mass is 16.5. The van der Waals surface area contributed by atoms with Crippen LogP contribution in [0.5, 0.6) is 0 Å². The molecule has 1 amide bonds. The minimum absolute atomic E-state index is 0.0882. The average molecular weight is 237 g/mol. The molecule has 2 N–H and O–H groups in total. The van der Waals surface area contributed by atoms with Crippen molar-refractivity contribution in [2.24, 2.45) is 0 Å². The van der Waals surface area contributed by atoms with Gasteiger partial charge in [0.1, 0.15) is 0 Å². The number of amides is 1. The third-order valence-electron chi connectivity index (χ3n) is 2.21. The van der Waals surface area contributed by atoms with E-state index >= 15 is 0 Å². The minimum atomic E-state index is -0.0882. The average Bonchev–Trinajstić information content (AvgIpc) is 2.33. The number of aryl methyl sites for hydroxylation is 1. The van der Waals surface area contributed by atoms with Gasteiger partial charge in [-0.3, -0.25) is 9.78 Å². The molecule has 17 heavy (non-hydrogen) atoms. The molecule has 0 saturated carbocycles. The lowest BCUT2D eigenvalue weighted by molar-refractivity contribution is 0.0953. The van der Waals surface area contributed by atoms with E-state index in [-0.39, 0.29) is 5.91 Å². The molecule has 0 unspecified atom stereocenters. The van der Waals surface area contributed by atoms with Crippen molar-refractivity contribution in [1.82, 2.24) is 15.6 Å². The maximum Gasteiger partial charge on any atom is 0.252 e. The van der Waals surface area contributed by atoms with E-state index < -0.39 is 0 Å². The zero-order valence-corrected chi connectivity index (χ0v) is 10.3. The normalized spacial score (nSPS) is 10.2. The van der Waals surface area contributed by atoms with Gasteiger partial charge in [0.15, 0.2) is 0 Å². The lowest BCUT2D eigenvalue weighted by Crippen LogP contribution is -2.33. The van der Waals surface area contributed by atoms with Gasteiger partial charge < -0.3 is 15.4 Å². The molecule has 5 nitrogen and oxygen atoms in total. The SMILES string of the molecule is COCCNCCNC(=O)c1cncc(C)c1. The van der Waals surface area contributed by atoms with Crippen molar-refractivity contribution in [3.05, 3.63) is 29.6 Å². The number of nitrogens with one attached hydrogen (secondary N) is 2. The van der Waals surface area contributed by atoms with Crippen LogP contribution in [0.1, 0.15) is 15.9 Å². The number of carbonyl (C=O) groups is 1. The molecule has 0 radical (unpaired) electrons. The van der Waals surface area contributed by atoms with Crippen LogP contribution in [-0.2, 0) is 4.74 Å². The zero-order chi connectivity index (χ0) is 12.5. The Hall–Kier alpha value is -1.46. The fourth-order valence-corrected chi connectivity index (χ4v) is 1.34. The maximum absolute atomic E-state index is 11.7. The highest BCUT2D eigenvalue weighted by molar-refractivity contribution is 5.93. The van der Waals surface area contributed by atoms with E-state index in [2.05, 4.69) is 15.6 Å². The van der Waals surface area contributed by atoms with Gasteiger partial charge in [-0.1, -0.05) is 0 Å². The molecule has 0 fully saturated rings. The Labute approximate surface area is 102 Å². The van der Waals surface area contributed by atoms with Gasteiger partial charge in [0.25, 0.3) is 5.91 Å². The third-order valence-corrected chi connectivity index (χ3v) is 2.21. The van der Waals surface area contributed by atoms with Crippen LogP contribution in [0.15, 0.2) is 18.5 Å². The maximum atomic E-state index is 11.7. The van der Waals surface area contributed by atoms with Gasteiger partial charge in [-0.15, -0.1) is 0 Å². The van der Waals surface area contributed by atoms with Crippen LogP contribution in [-0.4, -0.2) is 44.2 Å². The standard InChI is InChI=1S/C12H19N3O2/c1-10-7-11(9-14-8-10)12(16)15-4-3-13-5-6-17-2/h7-9,13H,3-6H2,1-2H3,(H,15,16). The first-order chi connectivity index (χ1) is 8.24. The summed E-state index contributed by atoms with van der Waals surface area (Å²) in [6, 6.07) is 1.82. The van der Waals surface area contributed by atoms with Crippen LogP contribution in [0.3, 0.4) is 0 Å². The van der Waals surface area contributed by atoms with Crippen LogP contribution >= 0.6 is 0 Å². The largest absolute Gasteiger partial charge is 0.383 e. The molecule has 5 heteroatoms. The van der Waals surface area contributed by atoms with Crippen molar-refractivity contribution in [2.75, 3.05) is 33.4 Å². The van der Waals surface area contributed by atoms with Crippen LogP contribution in [0.4, 0.5) is 0 Å². The number of rotatable bonds is 7. The van der Waals surface area contributed by atoms with Gasteiger partial charge in [0.05, 0.1) is 12.2 Å². The second kappa shape index (κ2) is 7.76. The summed E-state index contributed by atoms with van der Waals surface area (Å²) in [4.78, 5) is 15.7. The lowest BCUT2D eigenvalue weighted by atomic mass is 10.2. The number of carbonyl (C=O) groups excluding carboxylic acids is 1. The van der Waals surface area contributed by atoms with Gasteiger partial charge in [-0.2, -0.15) is 0 Å². The molecule has 0 atom stereocenters. The molecule has 1 aromatic heterocycles. The second-order valence-electron chi connectivity index (χ2n) is 3.75. The first-order valence-electron chi connectivity index (χ1n) is 5.63. The smallest absolute Gasteiger partial charge is 0.252 e. The van der Waals surface area contributed by atoms with Crippen molar-refractivity contribution in [3.8, 4) is 0 Å². The van der Waals surface area contributed by atoms with E-state index in [4.69, 9.17) is 4.74 Å². The van der Waals surface area contributed by atoms with Crippen molar-refractivity contribution < 1.29 is 9.53 Å². The fraction of sp³-hybridized carbons (Fsp3) is 0.500. The van der Waals surface area contributed by atoms with E-state index in [9.17, 15) is 4.79 Å². The topological polar surface area (TPSA) is 63.2 Å². The summed E-state index contributed by atoms with van der Waals surface area (Å²) in [6.45, 7) is 4.70. The Bertz CT molecular complexity index is 355. The van der Waals surface area contributed by atoms with E-state index in [1.807, 2.05) is 13.0 Å². The van der Waals surface area contributed by atoms with E-state index in [1.165, 1.54) is 0 Å².